The number of fused-ring (bicyclic) bond motifs is 2. The van der Waals surface area contributed by atoms with Crippen molar-refractivity contribution in [2.24, 2.45) is 0 Å². The molecule has 0 unspecified atom stereocenters. The average Bonchev–Trinajstić information content (AvgIpc) is 3.34. The van der Waals surface area contributed by atoms with Gasteiger partial charge in [-0.25, -0.2) is 4.98 Å². The quantitative estimate of drug-likeness (QED) is 0.579. The molecular weight excluding hydrogens is 350 g/mol. The van der Waals surface area contributed by atoms with Gasteiger partial charge in [-0.05, 0) is 44.8 Å². The van der Waals surface area contributed by atoms with Crippen LogP contribution in [-0.4, -0.2) is 53.1 Å². The topological polar surface area (TPSA) is 68.0 Å². The Morgan fingerprint density at radius 2 is 1.96 bits per heavy atom. The zero-order chi connectivity index (χ0) is 19.3. The number of nitrogens with zero attached hydrogens (tertiary/aromatic N) is 3. The standard InChI is InChI=1S/C22H23N5O/c1-26(2)15-10-11-27(13-15)14-8-9-18-19(12-14)24-21(23-18)20-16-6-4-3-5-7-17(16)25-22(20)28/h3-9,12,15H,10-11,13H2,1-2H3,(H,23,24)(H,25,28)/t15-/m1/s1. The van der Waals surface area contributed by atoms with E-state index in [9.17, 15) is 4.79 Å². The van der Waals surface area contributed by atoms with Gasteiger partial charge in [0.1, 0.15) is 5.82 Å². The Morgan fingerprint density at radius 1 is 1.11 bits per heavy atom. The molecule has 28 heavy (non-hydrogen) atoms. The number of aromatic amines is 2. The van der Waals surface area contributed by atoms with Gasteiger partial charge in [-0.1, -0.05) is 24.3 Å². The van der Waals surface area contributed by atoms with E-state index in [0.717, 1.165) is 35.4 Å². The Bertz CT molecular complexity index is 1170. The van der Waals surface area contributed by atoms with Crippen LogP contribution < -0.4 is 10.5 Å². The predicted molar refractivity (Wildman–Crippen MR) is 113 cm³/mol. The van der Waals surface area contributed by atoms with Crippen LogP contribution in [0.4, 0.5) is 5.69 Å². The minimum atomic E-state index is -0.117. The van der Waals surface area contributed by atoms with Crippen LogP contribution >= 0.6 is 0 Å². The molecule has 0 saturated carbocycles. The summed E-state index contributed by atoms with van der Waals surface area (Å²) in [4.78, 5) is 28.3. The van der Waals surface area contributed by atoms with Crippen molar-refractivity contribution in [3.8, 4) is 22.6 Å². The zero-order valence-electron chi connectivity index (χ0n) is 16.1. The second-order valence-electron chi connectivity index (χ2n) is 7.71. The van der Waals surface area contributed by atoms with Gasteiger partial charge in [0.25, 0.3) is 5.56 Å². The molecule has 142 valence electrons. The lowest BCUT2D eigenvalue weighted by atomic mass is 10.1. The largest absolute Gasteiger partial charge is 0.370 e. The first-order valence-corrected chi connectivity index (χ1v) is 9.63. The molecule has 1 aromatic carbocycles. The fourth-order valence-corrected chi connectivity index (χ4v) is 4.13. The first-order chi connectivity index (χ1) is 13.6. The van der Waals surface area contributed by atoms with E-state index in [1.54, 1.807) is 0 Å². The summed E-state index contributed by atoms with van der Waals surface area (Å²) in [6, 6.07) is 16.6. The molecule has 1 aliphatic carbocycles. The number of nitrogens with one attached hydrogen (secondary N) is 2. The molecule has 0 bridgehead atoms. The van der Waals surface area contributed by atoms with Crippen LogP contribution in [-0.2, 0) is 0 Å². The van der Waals surface area contributed by atoms with Crippen LogP contribution in [0.25, 0.3) is 33.7 Å². The normalized spacial score (nSPS) is 17.2. The van der Waals surface area contributed by atoms with E-state index in [-0.39, 0.29) is 5.56 Å². The second kappa shape index (κ2) is 6.49. The second-order valence-corrected chi connectivity index (χ2v) is 7.71. The molecule has 1 aromatic heterocycles. The molecule has 6 heteroatoms. The van der Waals surface area contributed by atoms with Crippen molar-refractivity contribution in [3.63, 3.8) is 0 Å². The van der Waals surface area contributed by atoms with E-state index in [0.29, 0.717) is 17.4 Å². The van der Waals surface area contributed by atoms with E-state index in [4.69, 9.17) is 4.98 Å². The Labute approximate surface area is 163 Å². The number of likely N-dealkylation sites (N-methyl/N-ethyl adjacent to an activating group) is 1. The number of H-pyrrole nitrogens is 2. The summed E-state index contributed by atoms with van der Waals surface area (Å²) in [5.41, 5.74) is 5.19. The molecule has 0 amide bonds. The predicted octanol–water partition coefficient (Wildman–Crippen LogP) is 3.16. The maximum absolute atomic E-state index is 12.6. The SMILES string of the molecule is CN(C)[C@@H]1CCN(c2ccc3nc(-c4c5cccccc-5[nH]c4=O)[nH]c3c2)C1. The molecule has 1 fully saturated rings. The monoisotopic (exact) mass is 373 g/mol. The Kier molecular flexibility index (Phi) is 3.94. The fourth-order valence-electron chi connectivity index (χ4n) is 4.13. The number of rotatable bonds is 3. The number of aromatic nitrogens is 3. The van der Waals surface area contributed by atoms with E-state index >= 15 is 0 Å². The molecule has 2 N–H and O–H groups in total. The Hall–Kier alpha value is -3.12. The molecule has 2 aliphatic heterocycles. The van der Waals surface area contributed by atoms with Crippen LogP contribution in [0.1, 0.15) is 6.42 Å². The van der Waals surface area contributed by atoms with Crippen molar-refractivity contribution < 1.29 is 0 Å². The number of benzene rings is 1. The lowest BCUT2D eigenvalue weighted by Crippen LogP contribution is -2.31. The summed E-state index contributed by atoms with van der Waals surface area (Å²) in [5.74, 6) is 0.613. The van der Waals surface area contributed by atoms with Gasteiger partial charge >= 0.3 is 0 Å². The van der Waals surface area contributed by atoms with Gasteiger partial charge in [-0.3, -0.25) is 4.79 Å². The van der Waals surface area contributed by atoms with Gasteiger partial charge in [-0.15, -0.1) is 0 Å². The highest BCUT2D eigenvalue weighted by molar-refractivity contribution is 5.87. The molecule has 3 heterocycles. The third-order valence-electron chi connectivity index (χ3n) is 5.74. The first-order valence-electron chi connectivity index (χ1n) is 9.63. The lowest BCUT2D eigenvalue weighted by molar-refractivity contribution is 0.315. The van der Waals surface area contributed by atoms with Gasteiger partial charge in [0.05, 0.1) is 16.6 Å². The molecule has 6 nitrogen and oxygen atoms in total. The minimum Gasteiger partial charge on any atom is -0.370 e. The van der Waals surface area contributed by atoms with Gasteiger partial charge in [0.15, 0.2) is 0 Å². The van der Waals surface area contributed by atoms with Gasteiger partial charge in [0, 0.05) is 36.1 Å². The van der Waals surface area contributed by atoms with Crippen molar-refractivity contribution in [2.45, 2.75) is 12.5 Å². The maximum atomic E-state index is 12.6. The molecule has 0 spiro atoms. The molecule has 3 aliphatic rings. The lowest BCUT2D eigenvalue weighted by Gasteiger charge is -2.21. The van der Waals surface area contributed by atoms with Crippen LogP contribution in [0, 0.1) is 0 Å². The van der Waals surface area contributed by atoms with Crippen molar-refractivity contribution in [1.82, 2.24) is 19.9 Å². The first kappa shape index (κ1) is 17.0. The van der Waals surface area contributed by atoms with E-state index < -0.39 is 0 Å². The van der Waals surface area contributed by atoms with E-state index in [2.05, 4.69) is 46.0 Å². The Morgan fingerprint density at radius 3 is 2.79 bits per heavy atom. The number of anilines is 1. The number of imidazole rings is 1. The summed E-state index contributed by atoms with van der Waals surface area (Å²) < 4.78 is 0. The minimum absolute atomic E-state index is 0.117. The van der Waals surface area contributed by atoms with Crippen LogP contribution in [0.2, 0.25) is 0 Å². The molecule has 5 rings (SSSR count). The molecule has 1 atom stereocenters. The van der Waals surface area contributed by atoms with Crippen molar-refractivity contribution in [1.29, 1.82) is 0 Å². The fraction of sp³-hybridized carbons (Fsp3) is 0.273. The summed E-state index contributed by atoms with van der Waals surface area (Å²) in [6.07, 6.45) is 1.17. The Balaban J connectivity index is 1.54. The molecular formula is C22H23N5O. The molecule has 2 aromatic rings. The van der Waals surface area contributed by atoms with Gasteiger partial charge in [-0.2, -0.15) is 0 Å². The zero-order valence-corrected chi connectivity index (χ0v) is 16.1. The van der Waals surface area contributed by atoms with Crippen LogP contribution in [0.3, 0.4) is 0 Å². The summed E-state index contributed by atoms with van der Waals surface area (Å²) in [5, 5.41) is 0. The summed E-state index contributed by atoms with van der Waals surface area (Å²) in [6.45, 7) is 2.09. The van der Waals surface area contributed by atoms with Gasteiger partial charge in [0.2, 0.25) is 0 Å². The van der Waals surface area contributed by atoms with E-state index in [1.165, 1.54) is 12.1 Å². The average molecular weight is 373 g/mol. The van der Waals surface area contributed by atoms with Gasteiger partial charge < -0.3 is 19.8 Å². The maximum Gasteiger partial charge on any atom is 0.260 e. The van der Waals surface area contributed by atoms with Crippen LogP contribution in [0.15, 0.2) is 53.3 Å². The van der Waals surface area contributed by atoms with Crippen molar-refractivity contribution in [2.75, 3.05) is 32.1 Å². The number of hydrogen-bond acceptors (Lipinski definition) is 4. The van der Waals surface area contributed by atoms with E-state index in [1.807, 2.05) is 36.4 Å². The van der Waals surface area contributed by atoms with Crippen molar-refractivity contribution in [3.05, 3.63) is 58.9 Å². The third kappa shape index (κ3) is 2.77. The van der Waals surface area contributed by atoms with Crippen LogP contribution in [0.5, 0.6) is 0 Å². The third-order valence-corrected chi connectivity index (χ3v) is 5.74. The summed E-state index contributed by atoms with van der Waals surface area (Å²) >= 11 is 0. The highest BCUT2D eigenvalue weighted by Gasteiger charge is 2.25. The highest BCUT2D eigenvalue weighted by Crippen LogP contribution is 2.31. The smallest absolute Gasteiger partial charge is 0.260 e. The molecule has 1 saturated heterocycles. The number of hydrogen-bond donors (Lipinski definition) is 2. The summed E-state index contributed by atoms with van der Waals surface area (Å²) in [7, 11) is 4.28. The van der Waals surface area contributed by atoms with Crippen molar-refractivity contribution >= 4 is 16.7 Å². The highest BCUT2D eigenvalue weighted by atomic mass is 16.1. The molecule has 0 radical (unpaired) electrons.